The molecule has 200 valence electrons. The highest BCUT2D eigenvalue weighted by Gasteiger charge is 2.30. The van der Waals surface area contributed by atoms with Crippen LogP contribution < -0.4 is 10.1 Å². The second kappa shape index (κ2) is 12.2. The lowest BCUT2D eigenvalue weighted by Gasteiger charge is -2.36. The monoisotopic (exact) mass is 506 g/mol. The number of aliphatic hydroxyl groups excluding tert-OH is 1. The third-order valence-electron chi connectivity index (χ3n) is 8.05. The van der Waals surface area contributed by atoms with Crippen LogP contribution in [0.15, 0.2) is 28.8 Å². The van der Waals surface area contributed by atoms with Gasteiger partial charge in [-0.05, 0) is 76.6 Å². The van der Waals surface area contributed by atoms with Crippen LogP contribution in [0.1, 0.15) is 74.6 Å². The van der Waals surface area contributed by atoms with Gasteiger partial charge in [0.15, 0.2) is 5.82 Å². The van der Waals surface area contributed by atoms with Crippen LogP contribution in [0.3, 0.4) is 0 Å². The molecule has 4 rings (SSSR count). The van der Waals surface area contributed by atoms with Crippen molar-refractivity contribution < 1.29 is 14.4 Å². The molecule has 3 aromatic rings. The van der Waals surface area contributed by atoms with Gasteiger partial charge in [0.05, 0.1) is 17.0 Å². The van der Waals surface area contributed by atoms with Crippen LogP contribution in [0, 0.1) is 26.2 Å². The molecule has 2 aromatic heterocycles. The van der Waals surface area contributed by atoms with Gasteiger partial charge in [-0.15, -0.1) is 0 Å². The molecule has 0 bridgehead atoms. The predicted octanol–water partition coefficient (Wildman–Crippen LogP) is 5.98. The zero-order chi connectivity index (χ0) is 26.4. The number of aromatic nitrogens is 3. The number of hydrogen-bond donors (Lipinski definition) is 2. The minimum absolute atomic E-state index is 0.216. The zero-order valence-corrected chi connectivity index (χ0v) is 23.1. The first kappa shape index (κ1) is 27.3. The van der Waals surface area contributed by atoms with E-state index >= 15 is 0 Å². The average Bonchev–Trinajstić information content (AvgIpc) is 3.25. The zero-order valence-electron chi connectivity index (χ0n) is 23.1. The quantitative estimate of drug-likeness (QED) is 0.331. The van der Waals surface area contributed by atoms with Gasteiger partial charge in [-0.25, -0.2) is 9.97 Å². The Hall–Kier alpha value is -2.77. The second-order valence-electron chi connectivity index (χ2n) is 10.6. The highest BCUT2D eigenvalue weighted by Crippen LogP contribution is 2.43. The third-order valence-corrected chi connectivity index (χ3v) is 8.05. The van der Waals surface area contributed by atoms with Crippen molar-refractivity contribution in [3.05, 3.63) is 47.0 Å². The maximum Gasteiger partial charge on any atom is 0.160 e. The molecule has 0 radical (unpaired) electrons. The van der Waals surface area contributed by atoms with Gasteiger partial charge >= 0.3 is 0 Å². The Balaban J connectivity index is 1.70. The van der Waals surface area contributed by atoms with Crippen LogP contribution in [-0.2, 0) is 6.42 Å². The first-order valence-electron chi connectivity index (χ1n) is 13.7. The average molecular weight is 507 g/mol. The summed E-state index contributed by atoms with van der Waals surface area (Å²) in [5, 5.41) is 17.2. The molecule has 7 heteroatoms. The fourth-order valence-corrected chi connectivity index (χ4v) is 5.68. The van der Waals surface area contributed by atoms with Crippen LogP contribution in [0.4, 0.5) is 0 Å². The van der Waals surface area contributed by atoms with E-state index in [1.165, 1.54) is 38.5 Å². The van der Waals surface area contributed by atoms with Crippen molar-refractivity contribution >= 4 is 0 Å². The summed E-state index contributed by atoms with van der Waals surface area (Å²) in [6.45, 7) is 9.07. The number of aryl methyl sites for hydroxylation is 3. The Morgan fingerprint density at radius 1 is 1.14 bits per heavy atom. The van der Waals surface area contributed by atoms with Crippen LogP contribution in [0.5, 0.6) is 5.75 Å². The molecule has 1 aliphatic rings. The second-order valence-corrected chi connectivity index (χ2v) is 10.6. The maximum atomic E-state index is 10.0. The highest BCUT2D eigenvalue weighted by atomic mass is 16.5. The molecule has 0 saturated heterocycles. The molecule has 37 heavy (non-hydrogen) atoms. The van der Waals surface area contributed by atoms with Crippen molar-refractivity contribution in [2.75, 3.05) is 20.2 Å². The van der Waals surface area contributed by atoms with Crippen molar-refractivity contribution in [3.8, 4) is 28.4 Å². The van der Waals surface area contributed by atoms with Crippen LogP contribution >= 0.6 is 0 Å². The van der Waals surface area contributed by atoms with Gasteiger partial charge in [0.25, 0.3) is 0 Å². The molecule has 1 unspecified atom stereocenters. The van der Waals surface area contributed by atoms with Crippen molar-refractivity contribution in [2.24, 2.45) is 5.41 Å². The van der Waals surface area contributed by atoms with Crippen LogP contribution in [0.2, 0.25) is 0 Å². The summed E-state index contributed by atoms with van der Waals surface area (Å²) in [6, 6.07) is 7.80. The lowest BCUT2D eigenvalue weighted by Crippen LogP contribution is -2.29. The standard InChI is InChI=1S/C30H42N4O3/c1-6-30(14-8-7-9-15-30)16-13-26-20(2)28(27-21(3)34-37-22(27)4)33-29(32-26)23-11-10-12-25(17-23)36-19-24(35)18-31-5/h10-12,17,24,31,35H,6-9,13-16,18-19H2,1-5H3. The summed E-state index contributed by atoms with van der Waals surface area (Å²) >= 11 is 0. The van der Waals surface area contributed by atoms with E-state index in [2.05, 4.69) is 24.3 Å². The number of hydrogen-bond acceptors (Lipinski definition) is 7. The molecule has 0 spiro atoms. The van der Waals surface area contributed by atoms with Gasteiger partial charge < -0.3 is 19.7 Å². The summed E-state index contributed by atoms with van der Waals surface area (Å²) in [5.41, 5.74) is 6.17. The Labute approximate surface area is 221 Å². The van der Waals surface area contributed by atoms with Gasteiger partial charge in [-0.2, -0.15) is 0 Å². The Morgan fingerprint density at radius 3 is 2.59 bits per heavy atom. The third kappa shape index (κ3) is 6.39. The molecular weight excluding hydrogens is 464 g/mol. The van der Waals surface area contributed by atoms with Crippen molar-refractivity contribution in [2.45, 2.75) is 85.2 Å². The van der Waals surface area contributed by atoms with Crippen molar-refractivity contribution in [3.63, 3.8) is 0 Å². The summed E-state index contributed by atoms with van der Waals surface area (Å²) in [4.78, 5) is 10.2. The van der Waals surface area contributed by atoms with Gasteiger partial charge in [0, 0.05) is 17.8 Å². The van der Waals surface area contributed by atoms with E-state index in [9.17, 15) is 5.11 Å². The number of rotatable bonds is 11. The van der Waals surface area contributed by atoms with E-state index < -0.39 is 6.10 Å². The lowest BCUT2D eigenvalue weighted by atomic mass is 9.69. The van der Waals surface area contributed by atoms with Crippen LogP contribution in [-0.4, -0.2) is 46.5 Å². The molecule has 1 saturated carbocycles. The van der Waals surface area contributed by atoms with Crippen LogP contribution in [0.25, 0.3) is 22.6 Å². The topological polar surface area (TPSA) is 93.3 Å². The summed E-state index contributed by atoms with van der Waals surface area (Å²) in [7, 11) is 1.81. The summed E-state index contributed by atoms with van der Waals surface area (Å²) in [5.74, 6) is 2.12. The fraction of sp³-hybridized carbons (Fsp3) is 0.567. The first-order chi connectivity index (χ1) is 17.9. The summed E-state index contributed by atoms with van der Waals surface area (Å²) < 4.78 is 11.4. The number of nitrogens with one attached hydrogen (secondary N) is 1. The molecule has 0 amide bonds. The van der Waals surface area contributed by atoms with E-state index in [4.69, 9.17) is 19.2 Å². The van der Waals surface area contributed by atoms with Gasteiger partial charge in [-0.3, -0.25) is 0 Å². The SMILES string of the molecule is CCC1(CCc2nc(-c3cccc(OCC(O)CNC)c3)nc(-c3c(C)noc3C)c2C)CCCCC1. The Kier molecular flexibility index (Phi) is 8.98. The smallest absolute Gasteiger partial charge is 0.160 e. The van der Waals surface area contributed by atoms with E-state index in [1.807, 2.05) is 45.2 Å². The van der Waals surface area contributed by atoms with E-state index in [0.717, 1.165) is 52.4 Å². The van der Waals surface area contributed by atoms with E-state index in [0.29, 0.717) is 23.5 Å². The number of ether oxygens (including phenoxy) is 1. The predicted molar refractivity (Wildman–Crippen MR) is 147 cm³/mol. The number of nitrogens with zero attached hydrogens (tertiary/aromatic N) is 3. The molecule has 7 nitrogen and oxygen atoms in total. The first-order valence-corrected chi connectivity index (χ1v) is 13.7. The molecule has 0 aliphatic heterocycles. The van der Waals surface area contributed by atoms with Crippen molar-refractivity contribution in [1.29, 1.82) is 0 Å². The molecule has 1 atom stereocenters. The number of aliphatic hydroxyl groups is 1. The van der Waals surface area contributed by atoms with E-state index in [-0.39, 0.29) is 6.61 Å². The molecule has 1 aliphatic carbocycles. The minimum Gasteiger partial charge on any atom is -0.491 e. The molecule has 2 N–H and O–H groups in total. The lowest BCUT2D eigenvalue weighted by molar-refractivity contribution is 0.108. The Morgan fingerprint density at radius 2 is 1.92 bits per heavy atom. The number of benzene rings is 1. The largest absolute Gasteiger partial charge is 0.491 e. The van der Waals surface area contributed by atoms with Crippen molar-refractivity contribution in [1.82, 2.24) is 20.4 Å². The normalized spacial score (nSPS) is 16.1. The fourth-order valence-electron chi connectivity index (χ4n) is 5.68. The maximum absolute atomic E-state index is 10.0. The van der Waals surface area contributed by atoms with Gasteiger partial charge in [0.2, 0.25) is 0 Å². The molecule has 1 aromatic carbocycles. The number of likely N-dealkylation sites (N-methyl/N-ethyl adjacent to an activating group) is 1. The molecule has 1 fully saturated rings. The minimum atomic E-state index is -0.576. The molecule has 2 heterocycles. The van der Waals surface area contributed by atoms with Gasteiger partial charge in [0.1, 0.15) is 24.2 Å². The Bertz CT molecular complexity index is 1160. The van der Waals surface area contributed by atoms with E-state index in [1.54, 1.807) is 0 Å². The van der Waals surface area contributed by atoms with Gasteiger partial charge in [-0.1, -0.05) is 49.9 Å². The molecular formula is C30H42N4O3. The summed E-state index contributed by atoms with van der Waals surface area (Å²) in [6.07, 6.45) is 9.38. The highest BCUT2D eigenvalue weighted by molar-refractivity contribution is 5.71.